The molecule has 0 aliphatic rings. The van der Waals surface area contributed by atoms with Gasteiger partial charge < -0.3 is 10.2 Å². The molecule has 4 rings (SSSR count). The van der Waals surface area contributed by atoms with E-state index in [4.69, 9.17) is 10.5 Å². The predicted octanol–water partition coefficient (Wildman–Crippen LogP) is 5.57. The van der Waals surface area contributed by atoms with E-state index in [-0.39, 0.29) is 11.8 Å². The van der Waals surface area contributed by atoms with Gasteiger partial charge in [-0.2, -0.15) is 10.5 Å². The van der Waals surface area contributed by atoms with Crippen molar-refractivity contribution in [3.05, 3.63) is 131 Å². The van der Waals surface area contributed by atoms with E-state index in [1.165, 1.54) is 0 Å². The number of carbonyl (C=O) groups excluding carboxylic acids is 2. The van der Waals surface area contributed by atoms with E-state index in [0.29, 0.717) is 46.6 Å². The number of carbonyl (C=O) groups is 2. The minimum absolute atomic E-state index is 0.176. The summed E-state index contributed by atoms with van der Waals surface area (Å²) in [5, 5.41) is 20.8. The maximum absolute atomic E-state index is 13.4. The van der Waals surface area contributed by atoms with Gasteiger partial charge in [0, 0.05) is 29.0 Å². The molecule has 0 atom stereocenters. The molecule has 0 aliphatic carbocycles. The number of benzene rings is 4. The van der Waals surface area contributed by atoms with Crippen molar-refractivity contribution in [3.63, 3.8) is 0 Å². The Bertz CT molecular complexity index is 1430. The number of nitrogens with zero attached hydrogens (tertiary/aromatic N) is 3. The highest BCUT2D eigenvalue weighted by Gasteiger charge is 2.18. The van der Waals surface area contributed by atoms with Crippen molar-refractivity contribution in [1.82, 2.24) is 0 Å². The van der Waals surface area contributed by atoms with Crippen LogP contribution in [-0.2, 0) is 6.42 Å². The zero-order chi connectivity index (χ0) is 25.3. The van der Waals surface area contributed by atoms with Crippen LogP contribution in [0.2, 0.25) is 0 Å². The fourth-order valence-electron chi connectivity index (χ4n) is 3.70. The van der Waals surface area contributed by atoms with E-state index in [0.717, 1.165) is 5.56 Å². The van der Waals surface area contributed by atoms with Gasteiger partial charge in [-0.15, -0.1) is 0 Å². The monoisotopic (exact) mass is 470 g/mol. The second kappa shape index (κ2) is 11.3. The Balaban J connectivity index is 1.53. The molecule has 0 aromatic heterocycles. The van der Waals surface area contributed by atoms with Crippen LogP contribution in [0.15, 0.2) is 103 Å². The summed E-state index contributed by atoms with van der Waals surface area (Å²) in [5.41, 5.74) is 4.29. The lowest BCUT2D eigenvalue weighted by Gasteiger charge is -2.23. The van der Waals surface area contributed by atoms with Crippen molar-refractivity contribution >= 4 is 23.2 Å². The van der Waals surface area contributed by atoms with E-state index in [2.05, 4.69) is 11.4 Å². The third-order valence-electron chi connectivity index (χ3n) is 5.69. The lowest BCUT2D eigenvalue weighted by atomic mass is 10.1. The molecule has 2 amide bonds. The number of rotatable bonds is 7. The third-order valence-corrected chi connectivity index (χ3v) is 5.69. The molecule has 0 saturated carbocycles. The summed E-state index contributed by atoms with van der Waals surface area (Å²) >= 11 is 0. The average molecular weight is 471 g/mol. The van der Waals surface area contributed by atoms with Crippen LogP contribution in [0.25, 0.3) is 0 Å². The van der Waals surface area contributed by atoms with E-state index < -0.39 is 0 Å². The van der Waals surface area contributed by atoms with Crippen molar-refractivity contribution < 1.29 is 9.59 Å². The van der Waals surface area contributed by atoms with Crippen molar-refractivity contribution in [3.8, 4) is 12.1 Å². The molecule has 174 valence electrons. The largest absolute Gasteiger partial charge is 0.322 e. The van der Waals surface area contributed by atoms with Crippen LogP contribution in [0.1, 0.15) is 37.4 Å². The molecule has 1 N–H and O–H groups in total. The van der Waals surface area contributed by atoms with Gasteiger partial charge >= 0.3 is 0 Å². The summed E-state index contributed by atoms with van der Waals surface area (Å²) in [6.45, 7) is 0.458. The highest BCUT2D eigenvalue weighted by atomic mass is 16.2. The summed E-state index contributed by atoms with van der Waals surface area (Å²) < 4.78 is 0. The van der Waals surface area contributed by atoms with Crippen LogP contribution in [0.5, 0.6) is 0 Å². The molecule has 36 heavy (non-hydrogen) atoms. The van der Waals surface area contributed by atoms with E-state index >= 15 is 0 Å². The van der Waals surface area contributed by atoms with E-state index in [1.807, 2.05) is 36.4 Å². The molecule has 0 saturated heterocycles. The SMILES string of the molecule is N#Cc1ccc(C(=O)Nc2ccc(N(CCc3ccccc3)C(=O)c3ccc(C#N)cc3)cc2)cc1. The number of hydrogen-bond acceptors (Lipinski definition) is 4. The Morgan fingerprint density at radius 2 is 1.25 bits per heavy atom. The molecule has 6 heteroatoms. The Morgan fingerprint density at radius 1 is 0.694 bits per heavy atom. The number of nitrogens with one attached hydrogen (secondary N) is 1. The molecule has 0 radical (unpaired) electrons. The Morgan fingerprint density at radius 3 is 1.81 bits per heavy atom. The number of anilines is 2. The minimum Gasteiger partial charge on any atom is -0.322 e. The van der Waals surface area contributed by atoms with E-state index in [1.54, 1.807) is 77.7 Å². The standard InChI is InChI=1S/C30H22N4O2/c31-20-23-6-10-25(11-7-23)29(35)33-27-14-16-28(17-15-27)34(19-18-22-4-2-1-3-5-22)30(36)26-12-8-24(21-32)9-13-26/h1-17H,18-19H2,(H,33,35). The van der Waals surface area contributed by atoms with Gasteiger partial charge in [0.1, 0.15) is 0 Å². The summed E-state index contributed by atoms with van der Waals surface area (Å²) in [4.78, 5) is 27.7. The summed E-state index contributed by atoms with van der Waals surface area (Å²) in [6.07, 6.45) is 0.667. The quantitative estimate of drug-likeness (QED) is 0.382. The normalized spacial score (nSPS) is 10.1. The highest BCUT2D eigenvalue weighted by Crippen LogP contribution is 2.22. The van der Waals surface area contributed by atoms with Crippen LogP contribution in [-0.4, -0.2) is 18.4 Å². The Labute approximate surface area is 209 Å². The molecule has 4 aromatic carbocycles. The van der Waals surface area contributed by atoms with Gasteiger partial charge in [0.15, 0.2) is 0 Å². The molecule has 4 aromatic rings. The average Bonchev–Trinajstić information content (AvgIpc) is 2.94. The fourth-order valence-corrected chi connectivity index (χ4v) is 3.70. The maximum atomic E-state index is 13.4. The van der Waals surface area contributed by atoms with Gasteiger partial charge in [-0.25, -0.2) is 0 Å². The molecule has 0 spiro atoms. The molecule has 6 nitrogen and oxygen atoms in total. The molecule has 0 unspecified atom stereocenters. The highest BCUT2D eigenvalue weighted by molar-refractivity contribution is 6.07. The molecular weight excluding hydrogens is 448 g/mol. The number of nitriles is 2. The van der Waals surface area contributed by atoms with Gasteiger partial charge in [-0.05, 0) is 84.8 Å². The van der Waals surface area contributed by atoms with Crippen LogP contribution in [0.3, 0.4) is 0 Å². The van der Waals surface area contributed by atoms with Crippen molar-refractivity contribution in [2.75, 3.05) is 16.8 Å². The third kappa shape index (κ3) is 5.83. The van der Waals surface area contributed by atoms with Gasteiger partial charge in [0.25, 0.3) is 11.8 Å². The summed E-state index contributed by atoms with van der Waals surface area (Å²) in [6, 6.07) is 34.1. The van der Waals surface area contributed by atoms with Crippen molar-refractivity contribution in [1.29, 1.82) is 10.5 Å². The lowest BCUT2D eigenvalue weighted by molar-refractivity contribution is 0.0985. The molecular formula is C30H22N4O2. The molecule has 0 fully saturated rings. The zero-order valence-electron chi connectivity index (χ0n) is 19.4. The molecule has 0 heterocycles. The van der Waals surface area contributed by atoms with Crippen molar-refractivity contribution in [2.24, 2.45) is 0 Å². The molecule has 0 bridgehead atoms. The summed E-state index contributed by atoms with van der Waals surface area (Å²) in [5.74, 6) is -0.466. The first kappa shape index (κ1) is 23.9. The summed E-state index contributed by atoms with van der Waals surface area (Å²) in [7, 11) is 0. The fraction of sp³-hybridized carbons (Fsp3) is 0.0667. The van der Waals surface area contributed by atoms with Gasteiger partial charge in [0.05, 0.1) is 23.3 Å². The molecule has 0 aliphatic heterocycles. The lowest BCUT2D eigenvalue weighted by Crippen LogP contribution is -2.33. The zero-order valence-corrected chi connectivity index (χ0v) is 19.4. The van der Waals surface area contributed by atoms with Gasteiger partial charge in [-0.3, -0.25) is 9.59 Å². The van der Waals surface area contributed by atoms with E-state index in [9.17, 15) is 9.59 Å². The van der Waals surface area contributed by atoms with Crippen LogP contribution in [0, 0.1) is 22.7 Å². The topological polar surface area (TPSA) is 97.0 Å². The predicted molar refractivity (Wildman–Crippen MR) is 139 cm³/mol. The maximum Gasteiger partial charge on any atom is 0.258 e. The Kier molecular flexibility index (Phi) is 7.51. The number of hydrogen-bond donors (Lipinski definition) is 1. The minimum atomic E-state index is -0.290. The van der Waals surface area contributed by atoms with Gasteiger partial charge in [-0.1, -0.05) is 30.3 Å². The second-order valence-corrected chi connectivity index (χ2v) is 8.07. The van der Waals surface area contributed by atoms with Crippen LogP contribution >= 0.6 is 0 Å². The van der Waals surface area contributed by atoms with Crippen LogP contribution < -0.4 is 10.2 Å². The van der Waals surface area contributed by atoms with Gasteiger partial charge in [0.2, 0.25) is 0 Å². The first-order valence-corrected chi connectivity index (χ1v) is 11.3. The first-order valence-electron chi connectivity index (χ1n) is 11.3. The second-order valence-electron chi connectivity index (χ2n) is 8.07. The van der Waals surface area contributed by atoms with Crippen molar-refractivity contribution in [2.45, 2.75) is 6.42 Å². The first-order chi connectivity index (χ1) is 17.6. The number of amides is 2. The smallest absolute Gasteiger partial charge is 0.258 e. The van der Waals surface area contributed by atoms with Crippen LogP contribution in [0.4, 0.5) is 11.4 Å². The Hall–Kier alpha value is -5.20.